The molecular formula is C15H24N2S. The van der Waals surface area contributed by atoms with Crippen molar-refractivity contribution >= 4 is 22.9 Å². The normalized spacial score (nSPS) is 12.2. The standard InChI is InChI=1S/C15H24N2S/c1-4-6-11-17(12(3)5-2)14-10-8-7-9-13(14)15(16)18/h7-10,12H,4-6,11H2,1-3H3,(H2,16,18). The zero-order valence-corrected chi connectivity index (χ0v) is 12.5. The minimum Gasteiger partial charge on any atom is -0.389 e. The summed E-state index contributed by atoms with van der Waals surface area (Å²) in [5.74, 6) is 0. The van der Waals surface area contributed by atoms with Crippen LogP contribution in [0.15, 0.2) is 24.3 Å². The summed E-state index contributed by atoms with van der Waals surface area (Å²) >= 11 is 5.16. The maximum atomic E-state index is 5.83. The average Bonchev–Trinajstić information content (AvgIpc) is 2.39. The lowest BCUT2D eigenvalue weighted by Gasteiger charge is -2.32. The number of thiocarbonyl (C=S) groups is 1. The third-order valence-electron chi connectivity index (χ3n) is 3.35. The number of anilines is 1. The molecule has 0 aliphatic rings. The van der Waals surface area contributed by atoms with E-state index in [1.54, 1.807) is 0 Å². The van der Waals surface area contributed by atoms with E-state index in [4.69, 9.17) is 18.0 Å². The second-order valence-electron chi connectivity index (χ2n) is 4.69. The van der Waals surface area contributed by atoms with E-state index in [-0.39, 0.29) is 0 Å². The first-order valence-corrected chi connectivity index (χ1v) is 7.18. The molecule has 1 aromatic rings. The van der Waals surface area contributed by atoms with Crippen LogP contribution in [0.2, 0.25) is 0 Å². The molecule has 0 fully saturated rings. The highest BCUT2D eigenvalue weighted by atomic mass is 32.1. The highest BCUT2D eigenvalue weighted by molar-refractivity contribution is 7.80. The van der Waals surface area contributed by atoms with Gasteiger partial charge < -0.3 is 10.6 Å². The summed E-state index contributed by atoms with van der Waals surface area (Å²) in [5.41, 5.74) is 7.99. The lowest BCUT2D eigenvalue weighted by atomic mass is 10.1. The molecule has 0 saturated carbocycles. The van der Waals surface area contributed by atoms with Gasteiger partial charge in [-0.05, 0) is 31.9 Å². The highest BCUT2D eigenvalue weighted by Gasteiger charge is 2.16. The molecule has 0 heterocycles. The monoisotopic (exact) mass is 264 g/mol. The first kappa shape index (κ1) is 15.0. The zero-order valence-electron chi connectivity index (χ0n) is 11.6. The lowest BCUT2D eigenvalue weighted by molar-refractivity contribution is 0.595. The fourth-order valence-electron chi connectivity index (χ4n) is 2.06. The van der Waals surface area contributed by atoms with Crippen molar-refractivity contribution < 1.29 is 0 Å². The van der Waals surface area contributed by atoms with Gasteiger partial charge in [0.05, 0.1) is 0 Å². The van der Waals surface area contributed by atoms with Gasteiger partial charge in [0.15, 0.2) is 0 Å². The van der Waals surface area contributed by atoms with Crippen molar-refractivity contribution in [2.24, 2.45) is 5.73 Å². The van der Waals surface area contributed by atoms with Crippen LogP contribution in [0.1, 0.15) is 45.6 Å². The van der Waals surface area contributed by atoms with E-state index in [9.17, 15) is 0 Å². The van der Waals surface area contributed by atoms with Crippen molar-refractivity contribution in [1.82, 2.24) is 0 Å². The second kappa shape index (κ2) is 7.37. The molecule has 3 heteroatoms. The molecule has 1 unspecified atom stereocenters. The topological polar surface area (TPSA) is 29.3 Å². The largest absolute Gasteiger partial charge is 0.389 e. The van der Waals surface area contributed by atoms with E-state index >= 15 is 0 Å². The molecule has 100 valence electrons. The van der Waals surface area contributed by atoms with E-state index in [0.29, 0.717) is 11.0 Å². The number of rotatable bonds is 7. The van der Waals surface area contributed by atoms with Gasteiger partial charge >= 0.3 is 0 Å². The van der Waals surface area contributed by atoms with Gasteiger partial charge in [0, 0.05) is 23.8 Å². The third kappa shape index (κ3) is 3.70. The van der Waals surface area contributed by atoms with Crippen LogP contribution < -0.4 is 10.6 Å². The first-order chi connectivity index (χ1) is 8.61. The Balaban J connectivity index is 3.07. The number of benzene rings is 1. The van der Waals surface area contributed by atoms with Crippen molar-refractivity contribution in [3.63, 3.8) is 0 Å². The summed E-state index contributed by atoms with van der Waals surface area (Å²) in [6.07, 6.45) is 3.51. The van der Waals surface area contributed by atoms with Crippen LogP contribution in [0.5, 0.6) is 0 Å². The Kier molecular flexibility index (Phi) is 6.13. The van der Waals surface area contributed by atoms with Gasteiger partial charge in [-0.15, -0.1) is 0 Å². The number of nitrogens with zero attached hydrogens (tertiary/aromatic N) is 1. The Morgan fingerprint density at radius 1 is 1.33 bits per heavy atom. The van der Waals surface area contributed by atoms with Gasteiger partial charge in [-0.3, -0.25) is 0 Å². The molecule has 0 bridgehead atoms. The smallest absolute Gasteiger partial charge is 0.106 e. The van der Waals surface area contributed by atoms with Crippen molar-refractivity contribution in [2.45, 2.75) is 46.1 Å². The molecule has 1 aromatic carbocycles. The fourth-order valence-corrected chi connectivity index (χ4v) is 2.23. The van der Waals surface area contributed by atoms with Crippen LogP contribution in [0.25, 0.3) is 0 Å². The number of nitrogens with two attached hydrogens (primary N) is 1. The molecule has 1 atom stereocenters. The summed E-state index contributed by atoms with van der Waals surface area (Å²) in [6, 6.07) is 8.69. The van der Waals surface area contributed by atoms with Gasteiger partial charge in [-0.2, -0.15) is 0 Å². The molecular weight excluding hydrogens is 240 g/mol. The predicted molar refractivity (Wildman–Crippen MR) is 84.3 cm³/mol. The van der Waals surface area contributed by atoms with Crippen LogP contribution in [0.3, 0.4) is 0 Å². The van der Waals surface area contributed by atoms with E-state index in [0.717, 1.165) is 18.5 Å². The van der Waals surface area contributed by atoms with Crippen LogP contribution in [-0.2, 0) is 0 Å². The minimum absolute atomic E-state index is 0.482. The maximum absolute atomic E-state index is 5.83. The van der Waals surface area contributed by atoms with Crippen molar-refractivity contribution in [2.75, 3.05) is 11.4 Å². The highest BCUT2D eigenvalue weighted by Crippen LogP contribution is 2.24. The van der Waals surface area contributed by atoms with Crippen molar-refractivity contribution in [3.05, 3.63) is 29.8 Å². The van der Waals surface area contributed by atoms with Gasteiger partial charge in [-0.25, -0.2) is 0 Å². The van der Waals surface area contributed by atoms with E-state index < -0.39 is 0 Å². The SMILES string of the molecule is CCCCN(c1ccccc1C(N)=S)C(C)CC. The van der Waals surface area contributed by atoms with Crippen molar-refractivity contribution in [3.8, 4) is 0 Å². The second-order valence-corrected chi connectivity index (χ2v) is 5.13. The van der Waals surface area contributed by atoms with Crippen LogP contribution in [0, 0.1) is 0 Å². The molecule has 0 aliphatic carbocycles. The Morgan fingerprint density at radius 2 is 2.00 bits per heavy atom. The van der Waals surface area contributed by atoms with Crippen molar-refractivity contribution in [1.29, 1.82) is 0 Å². The quantitative estimate of drug-likeness (QED) is 0.761. The molecule has 18 heavy (non-hydrogen) atoms. The molecule has 2 N–H and O–H groups in total. The summed E-state index contributed by atoms with van der Waals surface area (Å²) in [6.45, 7) is 7.75. The minimum atomic E-state index is 0.482. The van der Waals surface area contributed by atoms with E-state index in [1.165, 1.54) is 18.5 Å². The molecule has 0 aromatic heterocycles. The molecule has 0 spiro atoms. The number of hydrogen-bond donors (Lipinski definition) is 1. The van der Waals surface area contributed by atoms with E-state index in [1.807, 2.05) is 12.1 Å². The molecule has 0 radical (unpaired) electrons. The lowest BCUT2D eigenvalue weighted by Crippen LogP contribution is -2.35. The predicted octanol–water partition coefficient (Wildman–Crippen LogP) is 3.73. The fraction of sp³-hybridized carbons (Fsp3) is 0.533. The number of hydrogen-bond acceptors (Lipinski definition) is 2. The average molecular weight is 264 g/mol. The maximum Gasteiger partial charge on any atom is 0.106 e. The summed E-state index contributed by atoms with van der Waals surface area (Å²) < 4.78 is 0. The Hall–Kier alpha value is -1.09. The molecule has 0 amide bonds. The molecule has 1 rings (SSSR count). The first-order valence-electron chi connectivity index (χ1n) is 6.77. The van der Waals surface area contributed by atoms with Crippen LogP contribution in [0.4, 0.5) is 5.69 Å². The number of unbranched alkanes of at least 4 members (excludes halogenated alkanes) is 1. The summed E-state index contributed by atoms with van der Waals surface area (Å²) in [4.78, 5) is 2.91. The van der Waals surface area contributed by atoms with Gasteiger partial charge in [0.1, 0.15) is 4.99 Å². The van der Waals surface area contributed by atoms with Gasteiger partial charge in [0.2, 0.25) is 0 Å². The van der Waals surface area contributed by atoms with E-state index in [2.05, 4.69) is 37.8 Å². The van der Waals surface area contributed by atoms with Crippen LogP contribution >= 0.6 is 12.2 Å². The summed E-state index contributed by atoms with van der Waals surface area (Å²) in [5, 5.41) is 0. The molecule has 0 aliphatic heterocycles. The number of para-hydroxylation sites is 1. The Labute approximate surface area is 116 Å². The van der Waals surface area contributed by atoms with Gasteiger partial charge in [-0.1, -0.05) is 44.6 Å². The third-order valence-corrected chi connectivity index (χ3v) is 3.57. The zero-order chi connectivity index (χ0) is 13.5. The van der Waals surface area contributed by atoms with Gasteiger partial charge in [0.25, 0.3) is 0 Å². The summed E-state index contributed by atoms with van der Waals surface area (Å²) in [7, 11) is 0. The van der Waals surface area contributed by atoms with Crippen LogP contribution in [-0.4, -0.2) is 17.6 Å². The molecule has 2 nitrogen and oxygen atoms in total. The Bertz CT molecular complexity index is 390. The molecule has 0 saturated heterocycles. The Morgan fingerprint density at radius 3 is 2.56 bits per heavy atom.